The number of nitrogens with two attached hydrogens (primary N) is 1. The summed E-state index contributed by atoms with van der Waals surface area (Å²) < 4.78 is 27.3. The smallest absolute Gasteiger partial charge is 0.337 e. The topological polar surface area (TPSA) is 110 Å². The van der Waals surface area contributed by atoms with Crippen LogP contribution < -0.4 is 5.84 Å². The lowest BCUT2D eigenvalue weighted by atomic mass is 10.0. The van der Waals surface area contributed by atoms with Crippen molar-refractivity contribution in [1.82, 2.24) is 19.5 Å². The Morgan fingerprint density at radius 3 is 2.71 bits per heavy atom. The van der Waals surface area contributed by atoms with Crippen molar-refractivity contribution >= 4 is 28.8 Å². The minimum absolute atomic E-state index is 0.0148. The Morgan fingerprint density at radius 1 is 1.31 bits per heavy atom. The Morgan fingerprint density at radius 2 is 2.07 bits per heavy atom. The molecule has 0 spiro atoms. The Hall–Kier alpha value is -3.43. The van der Waals surface area contributed by atoms with Gasteiger partial charge in [-0.2, -0.15) is 5.26 Å². The van der Waals surface area contributed by atoms with Gasteiger partial charge in [0.05, 0.1) is 59.6 Å². The molecule has 3 aromatic rings. The summed E-state index contributed by atoms with van der Waals surface area (Å²) in [7, 11) is 1.38. The van der Waals surface area contributed by atoms with Gasteiger partial charge in [0.2, 0.25) is 0 Å². The molecule has 224 valence electrons. The summed E-state index contributed by atoms with van der Waals surface area (Å²) in [4.78, 5) is 19.5. The van der Waals surface area contributed by atoms with E-state index in [1.807, 2.05) is 50.1 Å². The van der Waals surface area contributed by atoms with Crippen molar-refractivity contribution in [2.45, 2.75) is 64.6 Å². The molecule has 2 aromatic carbocycles. The second kappa shape index (κ2) is 14.6. The van der Waals surface area contributed by atoms with Crippen LogP contribution in [-0.2, 0) is 28.3 Å². The zero-order chi connectivity index (χ0) is 30.2. The number of likely N-dealkylation sites (tertiary alicyclic amines) is 1. The second-order valence-electron chi connectivity index (χ2n) is 10.3. The fraction of sp³-hybridized carbons (Fsp3) is 0.452. The number of methoxy groups -OCH3 is 1. The van der Waals surface area contributed by atoms with E-state index in [1.54, 1.807) is 18.2 Å². The molecule has 0 amide bonds. The molecule has 1 aromatic heterocycles. The molecule has 4 rings (SSSR count). The molecule has 0 unspecified atom stereocenters. The Kier molecular flexibility index (Phi) is 11.0. The number of halogens is 1. The van der Waals surface area contributed by atoms with E-state index in [1.165, 1.54) is 24.9 Å². The number of aromatic nitrogens is 2. The average Bonchev–Trinajstić information content (AvgIpc) is 3.33. The number of benzene rings is 2. The van der Waals surface area contributed by atoms with Gasteiger partial charge < -0.3 is 19.0 Å². The molecule has 0 saturated carbocycles. The van der Waals surface area contributed by atoms with Crippen molar-refractivity contribution in [3.63, 3.8) is 0 Å². The number of nitrogens with zero attached hydrogens (tertiary/aromatic N) is 5. The number of thioether (sulfide) groups is 1. The van der Waals surface area contributed by atoms with E-state index < -0.39 is 0 Å². The average molecular weight is 595 g/mol. The summed E-state index contributed by atoms with van der Waals surface area (Å²) in [6, 6.07) is 12.1. The summed E-state index contributed by atoms with van der Waals surface area (Å²) in [5, 5.41) is 11.7. The highest BCUT2D eigenvalue weighted by molar-refractivity contribution is 8.02. The molecule has 11 heteroatoms. The van der Waals surface area contributed by atoms with Crippen LogP contribution in [0.5, 0.6) is 0 Å². The standard InChI is InChI=1S/C31H39FN6O3S/c1-5-30(42-20-24-8-7-22(17-33)15-26(24)32)38(34)25-11-13-36(14-12-25)19-29-35-27-10-9-23(31(39)40-4)16-28(27)37(29)18-21(3)41-6-2/h5,7-10,15-16,21,25H,6,11-14,18-20,34H2,1-4H3/b30-5+/t21-/m0/s1. The molecule has 1 saturated heterocycles. The highest BCUT2D eigenvalue weighted by Gasteiger charge is 2.26. The summed E-state index contributed by atoms with van der Waals surface area (Å²) >= 11 is 1.49. The van der Waals surface area contributed by atoms with Gasteiger partial charge in [0, 0.05) is 31.5 Å². The largest absolute Gasteiger partial charge is 0.465 e. The molecule has 1 fully saturated rings. The van der Waals surface area contributed by atoms with Crippen LogP contribution in [0.15, 0.2) is 47.5 Å². The molecule has 9 nitrogen and oxygen atoms in total. The highest BCUT2D eigenvalue weighted by atomic mass is 32.2. The van der Waals surface area contributed by atoms with Crippen LogP contribution in [0.1, 0.15) is 60.9 Å². The maximum absolute atomic E-state index is 14.4. The second-order valence-corrected chi connectivity index (χ2v) is 11.3. The lowest BCUT2D eigenvalue weighted by molar-refractivity contribution is 0.0601. The maximum atomic E-state index is 14.4. The van der Waals surface area contributed by atoms with Crippen LogP contribution in [0.2, 0.25) is 0 Å². The van der Waals surface area contributed by atoms with Crippen LogP contribution in [-0.4, -0.2) is 64.4 Å². The van der Waals surface area contributed by atoms with Crippen molar-refractivity contribution in [2.24, 2.45) is 5.84 Å². The van der Waals surface area contributed by atoms with Crippen molar-refractivity contribution in [3.8, 4) is 6.07 Å². The Balaban J connectivity index is 1.41. The zero-order valence-corrected chi connectivity index (χ0v) is 25.5. The number of imidazole rings is 1. The third-order valence-electron chi connectivity index (χ3n) is 7.51. The van der Waals surface area contributed by atoms with E-state index in [2.05, 4.69) is 9.47 Å². The van der Waals surface area contributed by atoms with Gasteiger partial charge in [-0.25, -0.2) is 20.0 Å². The Labute approximate surface area is 251 Å². The van der Waals surface area contributed by atoms with Gasteiger partial charge in [0.1, 0.15) is 11.6 Å². The number of allylic oxidation sites excluding steroid dienone is 1. The number of fused-ring (bicyclic) bond motifs is 1. The molecule has 1 aliphatic heterocycles. The molecular formula is C31H39FN6O3S. The number of ether oxygens (including phenoxy) is 2. The molecule has 1 atom stereocenters. The summed E-state index contributed by atoms with van der Waals surface area (Å²) in [6.07, 6.45) is 3.70. The molecule has 42 heavy (non-hydrogen) atoms. The van der Waals surface area contributed by atoms with Gasteiger partial charge >= 0.3 is 5.97 Å². The summed E-state index contributed by atoms with van der Waals surface area (Å²) in [6.45, 7) is 9.56. The third kappa shape index (κ3) is 7.50. The minimum Gasteiger partial charge on any atom is -0.465 e. The van der Waals surface area contributed by atoms with Crippen LogP contribution in [0.3, 0.4) is 0 Å². The lowest BCUT2D eigenvalue weighted by Gasteiger charge is -2.37. The predicted octanol–water partition coefficient (Wildman–Crippen LogP) is 5.19. The first-order valence-electron chi connectivity index (χ1n) is 14.2. The third-order valence-corrected chi connectivity index (χ3v) is 8.71. The molecule has 0 radical (unpaired) electrons. The van der Waals surface area contributed by atoms with Gasteiger partial charge in [-0.1, -0.05) is 12.1 Å². The number of hydrogen-bond acceptors (Lipinski definition) is 9. The number of piperidine rings is 1. The molecule has 2 heterocycles. The maximum Gasteiger partial charge on any atom is 0.337 e. The number of nitriles is 1. The van der Waals surface area contributed by atoms with Crippen molar-refractivity contribution in [1.29, 1.82) is 5.26 Å². The summed E-state index contributed by atoms with van der Waals surface area (Å²) in [5.74, 6) is 7.18. The number of hydrogen-bond donors (Lipinski definition) is 1. The molecule has 1 aliphatic rings. The van der Waals surface area contributed by atoms with Gasteiger partial charge in [-0.05, 0) is 69.5 Å². The van der Waals surface area contributed by atoms with E-state index in [4.69, 9.17) is 25.6 Å². The quantitative estimate of drug-likeness (QED) is 0.172. The van der Waals surface area contributed by atoms with Gasteiger partial charge in [-0.15, -0.1) is 11.8 Å². The van der Waals surface area contributed by atoms with E-state index in [-0.39, 0.29) is 23.9 Å². The van der Waals surface area contributed by atoms with E-state index in [0.29, 0.717) is 42.1 Å². The van der Waals surface area contributed by atoms with Crippen LogP contribution in [0, 0.1) is 17.1 Å². The Bertz CT molecular complexity index is 1460. The van der Waals surface area contributed by atoms with Crippen LogP contribution >= 0.6 is 11.8 Å². The van der Waals surface area contributed by atoms with Gasteiger partial charge in [0.25, 0.3) is 0 Å². The first kappa shape index (κ1) is 31.5. The highest BCUT2D eigenvalue weighted by Crippen LogP contribution is 2.29. The zero-order valence-electron chi connectivity index (χ0n) is 24.7. The molecule has 0 aliphatic carbocycles. The molecule has 0 bridgehead atoms. The first-order chi connectivity index (χ1) is 20.3. The number of carbonyl (C=O) groups is 1. The first-order valence-corrected chi connectivity index (χ1v) is 15.2. The van der Waals surface area contributed by atoms with E-state index in [9.17, 15) is 9.18 Å². The molecular weight excluding hydrogens is 555 g/mol. The number of hydrazine groups is 1. The number of rotatable bonds is 12. The fourth-order valence-corrected chi connectivity index (χ4v) is 6.27. The predicted molar refractivity (Wildman–Crippen MR) is 163 cm³/mol. The monoisotopic (exact) mass is 594 g/mol. The summed E-state index contributed by atoms with van der Waals surface area (Å²) in [5.41, 5.74) is 3.06. The van der Waals surface area contributed by atoms with Gasteiger partial charge in [-0.3, -0.25) is 4.90 Å². The SMILES string of the molecule is C/C=C(/SCc1ccc(C#N)cc1F)N(N)C1CCN(Cc2nc3ccc(C(=O)OC)cc3n2C[C@H](C)OCC)CC1. The van der Waals surface area contributed by atoms with Crippen molar-refractivity contribution < 1.29 is 18.7 Å². The lowest BCUT2D eigenvalue weighted by Crippen LogP contribution is -2.47. The van der Waals surface area contributed by atoms with E-state index >= 15 is 0 Å². The van der Waals surface area contributed by atoms with Crippen LogP contribution in [0.25, 0.3) is 11.0 Å². The number of esters is 1. The van der Waals surface area contributed by atoms with E-state index in [0.717, 1.165) is 47.8 Å². The van der Waals surface area contributed by atoms with Crippen molar-refractivity contribution in [3.05, 3.63) is 75.8 Å². The minimum atomic E-state index is -0.378. The number of carbonyl (C=O) groups excluding carboxylic acids is 1. The van der Waals surface area contributed by atoms with Crippen LogP contribution in [0.4, 0.5) is 4.39 Å². The molecule has 2 N–H and O–H groups in total. The van der Waals surface area contributed by atoms with Gasteiger partial charge in [0.15, 0.2) is 0 Å². The van der Waals surface area contributed by atoms with Crippen molar-refractivity contribution in [2.75, 3.05) is 26.8 Å². The fourth-order valence-electron chi connectivity index (χ4n) is 5.26. The normalized spacial score (nSPS) is 15.5.